The van der Waals surface area contributed by atoms with Crippen LogP contribution in [-0.4, -0.2) is 130 Å². The van der Waals surface area contributed by atoms with Gasteiger partial charge in [0.1, 0.15) is 49.4 Å². The van der Waals surface area contributed by atoms with E-state index in [0.29, 0.717) is 98.2 Å². The zero-order chi connectivity index (χ0) is 78.5. The van der Waals surface area contributed by atoms with Crippen molar-refractivity contribution in [3.8, 4) is 23.0 Å². The monoisotopic (exact) mass is 1440 g/mol. The number of aromatic nitrogens is 4. The Balaban J connectivity index is 0.000000448. The number of hydrogen-bond donors (Lipinski definition) is 8. The second-order valence-corrected chi connectivity index (χ2v) is 26.4. The molecule has 1 atom stereocenters. The number of ether oxygens (including phenoxy) is 5. The summed E-state index contributed by atoms with van der Waals surface area (Å²) in [5.41, 5.74) is 31.9. The maximum atomic E-state index is 12.3. The van der Waals surface area contributed by atoms with E-state index in [1.54, 1.807) is 0 Å². The lowest BCUT2D eigenvalue weighted by Gasteiger charge is -2.28. The van der Waals surface area contributed by atoms with Gasteiger partial charge in [-0.15, -0.1) is 0 Å². The summed E-state index contributed by atoms with van der Waals surface area (Å²) in [6, 6.07) is 30.0. The van der Waals surface area contributed by atoms with E-state index in [-0.39, 0.29) is 54.2 Å². The maximum absolute atomic E-state index is 12.3. The van der Waals surface area contributed by atoms with Crippen LogP contribution in [0.15, 0.2) is 97.1 Å². The zero-order valence-corrected chi connectivity index (χ0v) is 61.6. The Bertz CT molecular complexity index is 4150. The molecule has 8 aromatic rings. The predicted octanol–water partition coefficient (Wildman–Crippen LogP) is 8.92. The van der Waals surface area contributed by atoms with Crippen LogP contribution in [0.4, 0.5) is 22.7 Å². The maximum Gasteiger partial charge on any atom is 0.373 e. The van der Waals surface area contributed by atoms with Gasteiger partial charge in [0.25, 0.3) is 0 Å². The van der Waals surface area contributed by atoms with Gasteiger partial charge in [-0.25, -0.2) is 0 Å². The first-order chi connectivity index (χ1) is 48.9. The molecule has 0 bridgehead atoms. The van der Waals surface area contributed by atoms with Gasteiger partial charge in [-0.2, -0.15) is 38.4 Å². The highest BCUT2D eigenvalue weighted by atomic mass is 16.5. The SMILES string of the molecule is CC(=O)NC(C)(C)COc1cccc2nc(C)cc(N)c12.CCCC(=O)NC(C)(C)COc1cccc2nc(C)cc(N)c12.CCCC(=O)NC(C)(C)COc1cccc2nc(C)cc(N)c12.Cc1cc(N)c2c(OCC(C)(C)NC(=O)C3CCOC3)cccc2n1.O=C=O.O=C=O.O=C=O.O=C=O. The number of anilines is 4. The molecule has 1 aliphatic heterocycles. The molecule has 4 aromatic carbocycles. The molecule has 4 aromatic heterocycles. The Kier molecular flexibility index (Phi) is 36.7. The molecule has 9 rings (SSSR count). The summed E-state index contributed by atoms with van der Waals surface area (Å²) >= 11 is 0. The average molecular weight is 1440 g/mol. The molecule has 0 aliphatic carbocycles. The number of nitrogen functional groups attached to an aromatic ring is 4. The normalized spacial score (nSPS) is 11.9. The van der Waals surface area contributed by atoms with Crippen LogP contribution in [-0.2, 0) is 62.3 Å². The summed E-state index contributed by atoms with van der Waals surface area (Å²) in [5.74, 6) is 2.66. The Morgan fingerprint density at radius 1 is 0.442 bits per heavy atom. The van der Waals surface area contributed by atoms with Crippen molar-refractivity contribution >= 4 is 115 Å². The van der Waals surface area contributed by atoms with Crippen molar-refractivity contribution in [2.24, 2.45) is 5.92 Å². The fourth-order valence-electron chi connectivity index (χ4n) is 10.3. The summed E-state index contributed by atoms with van der Waals surface area (Å²) in [7, 11) is 0. The van der Waals surface area contributed by atoms with Gasteiger partial charge in [-0.1, -0.05) is 38.1 Å². The lowest BCUT2D eigenvalue weighted by atomic mass is 10.0. The molecular formula is C75H96N12O17. The van der Waals surface area contributed by atoms with E-state index in [0.717, 1.165) is 85.6 Å². The first-order valence-electron chi connectivity index (χ1n) is 32.9. The van der Waals surface area contributed by atoms with E-state index in [1.807, 2.05) is 194 Å². The van der Waals surface area contributed by atoms with Gasteiger partial charge in [0.15, 0.2) is 0 Å². The molecule has 0 radical (unpaired) electrons. The van der Waals surface area contributed by atoms with E-state index in [4.69, 9.17) is 85.0 Å². The molecule has 4 amide bonds. The molecule has 1 aliphatic rings. The van der Waals surface area contributed by atoms with Gasteiger partial charge in [0, 0.05) is 71.9 Å². The fraction of sp³-hybridized carbons (Fsp3) is 0.413. The fourth-order valence-corrected chi connectivity index (χ4v) is 10.3. The Labute approximate surface area is 604 Å². The molecule has 29 heteroatoms. The molecule has 12 N–H and O–H groups in total. The van der Waals surface area contributed by atoms with Crippen LogP contribution >= 0.6 is 0 Å². The lowest BCUT2D eigenvalue weighted by Crippen LogP contribution is -2.50. The van der Waals surface area contributed by atoms with Crippen LogP contribution in [0.5, 0.6) is 23.0 Å². The number of nitrogens with one attached hydrogen (secondary N) is 4. The number of carbonyl (C=O) groups excluding carboxylic acids is 12. The van der Waals surface area contributed by atoms with Gasteiger partial charge in [0.05, 0.1) is 78.3 Å². The van der Waals surface area contributed by atoms with Gasteiger partial charge in [-0.3, -0.25) is 39.1 Å². The third-order valence-corrected chi connectivity index (χ3v) is 14.4. The zero-order valence-electron chi connectivity index (χ0n) is 61.6. The minimum atomic E-state index is -0.505. The second-order valence-electron chi connectivity index (χ2n) is 26.4. The van der Waals surface area contributed by atoms with Crippen LogP contribution in [0.2, 0.25) is 0 Å². The number of nitrogens with two attached hydrogens (primary N) is 4. The van der Waals surface area contributed by atoms with Crippen molar-refractivity contribution in [1.82, 2.24) is 41.2 Å². The highest BCUT2D eigenvalue weighted by Crippen LogP contribution is 2.35. The van der Waals surface area contributed by atoms with Gasteiger partial charge in [0.2, 0.25) is 23.6 Å². The highest BCUT2D eigenvalue weighted by Gasteiger charge is 2.30. The van der Waals surface area contributed by atoms with Crippen molar-refractivity contribution in [2.45, 2.75) is 158 Å². The molecule has 0 spiro atoms. The summed E-state index contributed by atoms with van der Waals surface area (Å²) in [5, 5.41) is 15.1. The van der Waals surface area contributed by atoms with Crippen LogP contribution in [0, 0.1) is 33.6 Å². The summed E-state index contributed by atoms with van der Waals surface area (Å²) in [6.45, 7) is 31.1. The first kappa shape index (κ1) is 88.4. The van der Waals surface area contributed by atoms with E-state index >= 15 is 0 Å². The van der Waals surface area contributed by atoms with Crippen LogP contribution in [0.1, 0.15) is 131 Å². The Hall–Kier alpha value is -11.7. The number of rotatable bonds is 21. The molecule has 1 saturated heterocycles. The van der Waals surface area contributed by atoms with E-state index in [9.17, 15) is 19.2 Å². The molecule has 1 unspecified atom stereocenters. The van der Waals surface area contributed by atoms with Gasteiger partial charge < -0.3 is 67.9 Å². The molecular weight excluding hydrogens is 1340 g/mol. The topological polar surface area (TPSA) is 455 Å². The number of carbonyl (C=O) groups is 4. The number of aryl methyl sites for hydroxylation is 4. The van der Waals surface area contributed by atoms with E-state index < -0.39 is 22.2 Å². The largest absolute Gasteiger partial charge is 0.490 e. The minimum Gasteiger partial charge on any atom is -0.490 e. The number of pyridine rings is 4. The minimum absolute atomic E-state index is 0.0147. The Morgan fingerprint density at radius 3 is 0.923 bits per heavy atom. The molecule has 29 nitrogen and oxygen atoms in total. The predicted molar refractivity (Wildman–Crippen MR) is 389 cm³/mol. The quantitative estimate of drug-likeness (QED) is 0.0332. The number of fused-ring (bicyclic) bond motifs is 4. The molecule has 0 saturated carbocycles. The smallest absolute Gasteiger partial charge is 0.373 e. The van der Waals surface area contributed by atoms with Gasteiger partial charge >= 0.3 is 24.6 Å². The second kappa shape index (κ2) is 43.2. The number of hydrogen-bond acceptors (Lipinski definition) is 25. The lowest BCUT2D eigenvalue weighted by molar-refractivity contribution is -0.193. The van der Waals surface area contributed by atoms with E-state index in [2.05, 4.69) is 41.2 Å². The van der Waals surface area contributed by atoms with Crippen molar-refractivity contribution in [2.75, 3.05) is 62.6 Å². The number of benzene rings is 4. The average Bonchev–Trinajstić information content (AvgIpc) is 0.868. The first-order valence-corrected chi connectivity index (χ1v) is 32.9. The standard InChI is InChI=1S/C19H25N3O3.2C18H25N3O2.C16H21N3O2.4CO2/c1-12-9-14(20)17-15(21-12)5-4-6-16(17)25-11-19(2,3)22-18(23)13-7-8-24-10-13;2*1-5-7-16(22)21-18(3,4)11-23-15-9-6-8-14-17(15)13(19)10-12(2)20-14;1-10-8-12(17)15-13(18-10)6-5-7-14(15)21-9-16(3,4)19-11(2)20;4*2-1-3/h4-6,9,13H,7-8,10-11H2,1-3H3,(H2,20,21)(H,22,23);2*6,8-10H,5,7,11H2,1-4H3,(H2,19,20)(H,21,22);5-8H,9H2,1-4H3,(H2,17,18)(H,19,20);;;;. The number of amides is 4. The van der Waals surface area contributed by atoms with E-state index in [1.165, 1.54) is 6.92 Å². The molecule has 104 heavy (non-hydrogen) atoms. The summed E-state index contributed by atoms with van der Waals surface area (Å²) < 4.78 is 29.1. The van der Waals surface area contributed by atoms with Crippen molar-refractivity contribution in [1.29, 1.82) is 0 Å². The third-order valence-electron chi connectivity index (χ3n) is 14.4. The third kappa shape index (κ3) is 30.6. The highest BCUT2D eigenvalue weighted by molar-refractivity contribution is 5.98. The van der Waals surface area contributed by atoms with Crippen LogP contribution in [0.3, 0.4) is 0 Å². The van der Waals surface area contributed by atoms with Crippen molar-refractivity contribution in [3.05, 3.63) is 120 Å². The Morgan fingerprint density at radius 2 is 0.692 bits per heavy atom. The number of nitrogens with zero attached hydrogens (tertiary/aromatic N) is 4. The molecule has 5 heterocycles. The van der Waals surface area contributed by atoms with Crippen LogP contribution in [0.25, 0.3) is 43.6 Å². The summed E-state index contributed by atoms with van der Waals surface area (Å²) in [6.07, 6.45) is 4.47. The van der Waals surface area contributed by atoms with Crippen molar-refractivity contribution in [3.63, 3.8) is 0 Å². The van der Waals surface area contributed by atoms with Gasteiger partial charge in [-0.05, 0) is 175 Å². The summed E-state index contributed by atoms with van der Waals surface area (Å²) in [4.78, 5) is 130. The molecule has 1 fully saturated rings. The van der Waals surface area contributed by atoms with Crippen molar-refractivity contribution < 1.29 is 81.2 Å². The molecule has 558 valence electrons. The van der Waals surface area contributed by atoms with Crippen LogP contribution < -0.4 is 63.1 Å².